The van der Waals surface area contributed by atoms with E-state index in [9.17, 15) is 13.2 Å². The van der Waals surface area contributed by atoms with Crippen molar-refractivity contribution in [2.45, 2.75) is 11.8 Å². The van der Waals surface area contributed by atoms with Gasteiger partial charge in [-0.3, -0.25) is 4.79 Å². The van der Waals surface area contributed by atoms with Crippen LogP contribution in [-0.2, 0) is 10.1 Å². The minimum absolute atomic E-state index is 0.0270. The average molecular weight is 413 g/mol. The number of carbonyl (C=O) groups excluding carboxylic acids is 1. The lowest BCUT2D eigenvalue weighted by molar-refractivity contribution is 0.101. The number of aromatic nitrogens is 2. The zero-order chi connectivity index (χ0) is 16.6. The molecule has 0 saturated heterocycles. The molecule has 118 valence electrons. The van der Waals surface area contributed by atoms with Crippen LogP contribution < -0.4 is 4.18 Å². The van der Waals surface area contributed by atoms with E-state index in [0.29, 0.717) is 9.99 Å². The number of hydrogen-bond donors (Lipinski definition) is 0. The molecule has 0 atom stereocenters. The largest absolute Gasteiger partial charge is 0.378 e. The van der Waals surface area contributed by atoms with E-state index in [1.165, 1.54) is 25.1 Å². The molecular formula is C14H9BrN2O4S2. The average Bonchev–Trinajstić information content (AvgIpc) is 2.96. The van der Waals surface area contributed by atoms with Gasteiger partial charge in [-0.1, -0.05) is 22.0 Å². The summed E-state index contributed by atoms with van der Waals surface area (Å²) in [6.07, 6.45) is 0. The molecule has 2 aromatic carbocycles. The van der Waals surface area contributed by atoms with Crippen molar-refractivity contribution in [3.8, 4) is 5.75 Å². The molecule has 0 fully saturated rings. The Morgan fingerprint density at radius 1 is 1.22 bits per heavy atom. The Morgan fingerprint density at radius 2 is 2.00 bits per heavy atom. The Hall–Kier alpha value is -1.84. The van der Waals surface area contributed by atoms with Crippen LogP contribution in [0.3, 0.4) is 0 Å². The molecule has 3 aromatic rings. The van der Waals surface area contributed by atoms with Crippen LogP contribution >= 0.6 is 27.7 Å². The van der Waals surface area contributed by atoms with E-state index in [1.807, 2.05) is 0 Å². The number of carbonyl (C=O) groups is 1. The summed E-state index contributed by atoms with van der Waals surface area (Å²) in [5, 5.41) is 0. The molecule has 0 amide bonds. The van der Waals surface area contributed by atoms with Crippen molar-refractivity contribution in [3.05, 3.63) is 46.4 Å². The summed E-state index contributed by atoms with van der Waals surface area (Å²) in [6, 6.07) is 9.16. The fourth-order valence-corrected chi connectivity index (χ4v) is 4.07. The third kappa shape index (κ3) is 3.12. The molecule has 0 aliphatic rings. The van der Waals surface area contributed by atoms with Gasteiger partial charge in [0.25, 0.3) is 0 Å². The molecule has 0 aliphatic carbocycles. The minimum atomic E-state index is -4.14. The molecule has 23 heavy (non-hydrogen) atoms. The molecule has 0 saturated carbocycles. The number of ketones is 1. The maximum atomic E-state index is 12.6. The zero-order valence-electron chi connectivity index (χ0n) is 11.7. The SMILES string of the molecule is CC(=O)c1cc(Br)ccc1OS(=O)(=O)c1cccc2nsnc12. The predicted octanol–water partition coefficient (Wildman–Crippen LogP) is 3.42. The quantitative estimate of drug-likeness (QED) is 0.481. The molecule has 0 spiro atoms. The molecule has 9 heteroatoms. The summed E-state index contributed by atoms with van der Waals surface area (Å²) >= 11 is 4.16. The standard InChI is InChI=1S/C14H9BrN2O4S2/c1-8(18)10-7-9(15)5-6-12(10)21-23(19,20)13-4-2-3-11-14(13)17-22-16-11/h2-7H,1H3. The van der Waals surface area contributed by atoms with Crippen molar-refractivity contribution in [2.75, 3.05) is 0 Å². The molecule has 0 radical (unpaired) electrons. The molecule has 1 aromatic heterocycles. The smallest absolute Gasteiger partial charge is 0.341 e. The highest BCUT2D eigenvalue weighted by Gasteiger charge is 2.24. The van der Waals surface area contributed by atoms with Crippen LogP contribution in [0.25, 0.3) is 11.0 Å². The molecule has 0 N–H and O–H groups in total. The number of Topliss-reactive ketones (excluding diaryl/α,β-unsaturated/α-hetero) is 1. The van der Waals surface area contributed by atoms with E-state index in [2.05, 4.69) is 24.7 Å². The van der Waals surface area contributed by atoms with E-state index >= 15 is 0 Å². The lowest BCUT2D eigenvalue weighted by Gasteiger charge is -2.10. The third-order valence-electron chi connectivity index (χ3n) is 3.04. The van der Waals surface area contributed by atoms with Gasteiger partial charge in [0.15, 0.2) is 11.5 Å². The van der Waals surface area contributed by atoms with Crippen molar-refractivity contribution in [1.29, 1.82) is 0 Å². The van der Waals surface area contributed by atoms with E-state index in [-0.39, 0.29) is 27.5 Å². The second-order valence-electron chi connectivity index (χ2n) is 4.62. The van der Waals surface area contributed by atoms with Gasteiger partial charge in [0, 0.05) is 4.47 Å². The number of fused-ring (bicyclic) bond motifs is 1. The first-order valence-electron chi connectivity index (χ1n) is 6.35. The topological polar surface area (TPSA) is 86.2 Å². The van der Waals surface area contributed by atoms with Gasteiger partial charge >= 0.3 is 10.1 Å². The van der Waals surface area contributed by atoms with Crippen molar-refractivity contribution in [2.24, 2.45) is 0 Å². The van der Waals surface area contributed by atoms with Gasteiger partial charge in [-0.05, 0) is 37.3 Å². The Labute approximate surface area is 144 Å². The molecule has 0 unspecified atom stereocenters. The van der Waals surface area contributed by atoms with Gasteiger partial charge in [-0.15, -0.1) is 0 Å². The van der Waals surface area contributed by atoms with Crippen molar-refractivity contribution in [3.63, 3.8) is 0 Å². The molecule has 3 rings (SSSR count). The number of hydrogen-bond acceptors (Lipinski definition) is 7. The van der Waals surface area contributed by atoms with E-state index in [1.54, 1.807) is 18.2 Å². The fourth-order valence-electron chi connectivity index (χ4n) is 2.00. The fraction of sp³-hybridized carbons (Fsp3) is 0.0714. The lowest BCUT2D eigenvalue weighted by Crippen LogP contribution is -2.12. The van der Waals surface area contributed by atoms with Gasteiger partial charge in [-0.25, -0.2) is 0 Å². The molecular weight excluding hydrogens is 404 g/mol. The molecule has 1 heterocycles. The highest BCUT2D eigenvalue weighted by atomic mass is 79.9. The third-order valence-corrected chi connectivity index (χ3v) is 5.34. The monoisotopic (exact) mass is 412 g/mol. The van der Waals surface area contributed by atoms with Crippen LogP contribution in [0.15, 0.2) is 45.8 Å². The van der Waals surface area contributed by atoms with Crippen molar-refractivity contribution < 1.29 is 17.4 Å². The summed E-state index contributed by atoms with van der Waals surface area (Å²) in [4.78, 5) is 11.6. The van der Waals surface area contributed by atoms with Gasteiger partial charge in [0.05, 0.1) is 17.3 Å². The van der Waals surface area contributed by atoms with Crippen LogP contribution in [0.4, 0.5) is 0 Å². The first-order valence-corrected chi connectivity index (χ1v) is 9.28. The van der Waals surface area contributed by atoms with Gasteiger partial charge in [0.2, 0.25) is 0 Å². The Kier molecular flexibility index (Phi) is 4.17. The summed E-state index contributed by atoms with van der Waals surface area (Å²) in [5.41, 5.74) is 0.896. The first kappa shape index (κ1) is 16.0. The van der Waals surface area contributed by atoms with E-state index < -0.39 is 10.1 Å². The Balaban J connectivity index is 2.09. The first-order chi connectivity index (χ1) is 10.9. The Morgan fingerprint density at radius 3 is 2.74 bits per heavy atom. The van der Waals surface area contributed by atoms with E-state index in [0.717, 1.165) is 11.7 Å². The van der Waals surface area contributed by atoms with Gasteiger partial charge < -0.3 is 4.18 Å². The highest BCUT2D eigenvalue weighted by molar-refractivity contribution is 9.10. The second kappa shape index (κ2) is 5.99. The maximum Gasteiger partial charge on any atom is 0.341 e. The summed E-state index contributed by atoms with van der Waals surface area (Å²) < 4.78 is 39.0. The predicted molar refractivity (Wildman–Crippen MR) is 89.4 cm³/mol. The van der Waals surface area contributed by atoms with E-state index in [4.69, 9.17) is 4.18 Å². The molecule has 6 nitrogen and oxygen atoms in total. The zero-order valence-corrected chi connectivity index (χ0v) is 14.9. The van der Waals surface area contributed by atoms with Crippen LogP contribution in [-0.4, -0.2) is 22.9 Å². The van der Waals surface area contributed by atoms with Crippen LogP contribution in [0.1, 0.15) is 17.3 Å². The Bertz CT molecular complexity index is 1010. The molecule has 0 aliphatic heterocycles. The number of rotatable bonds is 4. The van der Waals surface area contributed by atoms with Crippen molar-refractivity contribution >= 4 is 54.6 Å². The molecule has 0 bridgehead atoms. The summed E-state index contributed by atoms with van der Waals surface area (Å²) in [6.45, 7) is 1.34. The van der Waals surface area contributed by atoms with Crippen LogP contribution in [0.5, 0.6) is 5.75 Å². The van der Waals surface area contributed by atoms with Gasteiger partial charge in [0.1, 0.15) is 15.9 Å². The normalized spacial score (nSPS) is 11.6. The number of halogens is 1. The summed E-state index contributed by atoms with van der Waals surface area (Å²) in [7, 11) is -4.14. The van der Waals surface area contributed by atoms with Crippen molar-refractivity contribution in [1.82, 2.24) is 8.75 Å². The van der Waals surface area contributed by atoms with Crippen LogP contribution in [0, 0.1) is 0 Å². The lowest BCUT2D eigenvalue weighted by atomic mass is 10.1. The van der Waals surface area contributed by atoms with Gasteiger partial charge in [-0.2, -0.15) is 17.2 Å². The number of nitrogens with zero attached hydrogens (tertiary/aromatic N) is 2. The van der Waals surface area contributed by atoms with Crippen LogP contribution in [0.2, 0.25) is 0 Å². The number of benzene rings is 2. The minimum Gasteiger partial charge on any atom is -0.378 e. The highest BCUT2D eigenvalue weighted by Crippen LogP contribution is 2.29. The second-order valence-corrected chi connectivity index (χ2v) is 7.58. The maximum absolute atomic E-state index is 12.6. The summed E-state index contributed by atoms with van der Waals surface area (Å²) in [5.74, 6) is -0.328.